The van der Waals surface area contributed by atoms with Crippen LogP contribution in [0.3, 0.4) is 0 Å². The second-order valence-corrected chi connectivity index (χ2v) is 8.71. The number of hydrogen-bond acceptors (Lipinski definition) is 6. The van der Waals surface area contributed by atoms with Crippen LogP contribution in [0.1, 0.15) is 64.6 Å². The van der Waals surface area contributed by atoms with E-state index in [1.807, 2.05) is 44.2 Å². The lowest BCUT2D eigenvalue weighted by atomic mass is 10.0. The second kappa shape index (κ2) is 8.77. The Bertz CT molecular complexity index is 1190. The molecule has 0 spiro atoms. The van der Waals surface area contributed by atoms with Gasteiger partial charge < -0.3 is 9.42 Å². The summed E-state index contributed by atoms with van der Waals surface area (Å²) in [7, 11) is 0. The van der Waals surface area contributed by atoms with Crippen LogP contribution in [0.4, 0.5) is 5.82 Å². The van der Waals surface area contributed by atoms with Gasteiger partial charge in [0.05, 0.1) is 12.2 Å². The van der Waals surface area contributed by atoms with E-state index in [0.717, 1.165) is 35.4 Å². The van der Waals surface area contributed by atoms with Crippen molar-refractivity contribution in [3.63, 3.8) is 0 Å². The molecule has 0 aliphatic carbocycles. The predicted octanol–water partition coefficient (Wildman–Crippen LogP) is 3.44. The van der Waals surface area contributed by atoms with E-state index < -0.39 is 0 Å². The second-order valence-electron chi connectivity index (χ2n) is 8.71. The Morgan fingerprint density at radius 2 is 2.00 bits per heavy atom. The number of aryl methyl sites for hydroxylation is 2. The zero-order valence-electron chi connectivity index (χ0n) is 19.0. The Balaban J connectivity index is 1.39. The molecule has 33 heavy (non-hydrogen) atoms. The Morgan fingerprint density at radius 3 is 2.76 bits per heavy atom. The fraction of sp³-hybridized carbons (Fsp3) is 0.400. The van der Waals surface area contributed by atoms with E-state index in [0.29, 0.717) is 44.1 Å². The SMILES string of the molecule is CCc1cc(C(=O)N2CC[C@@H](c3nc(C)c4c(n3)N(Cc3ccccc3)C(=O)CC4)C2)on1. The molecule has 1 fully saturated rings. The van der Waals surface area contributed by atoms with Gasteiger partial charge in [-0.25, -0.2) is 9.97 Å². The summed E-state index contributed by atoms with van der Waals surface area (Å²) in [6.07, 6.45) is 2.61. The van der Waals surface area contributed by atoms with Crippen LogP contribution in [0.25, 0.3) is 0 Å². The van der Waals surface area contributed by atoms with Crippen LogP contribution in [0.2, 0.25) is 0 Å². The Labute approximate surface area is 192 Å². The highest BCUT2D eigenvalue weighted by molar-refractivity contribution is 5.95. The van der Waals surface area contributed by atoms with Gasteiger partial charge in [-0.2, -0.15) is 0 Å². The molecule has 1 aromatic carbocycles. The summed E-state index contributed by atoms with van der Waals surface area (Å²) in [6.45, 7) is 5.57. The van der Waals surface area contributed by atoms with Crippen molar-refractivity contribution in [3.05, 3.63) is 70.5 Å². The average Bonchev–Trinajstić information content (AvgIpc) is 3.51. The zero-order valence-corrected chi connectivity index (χ0v) is 19.0. The standard InChI is InChI=1S/C25H27N5O3/c1-3-19-13-21(33-28-19)25(32)29-12-11-18(15-29)23-26-16(2)20-9-10-22(31)30(24(20)27-23)14-17-7-5-4-6-8-17/h4-8,13,18H,3,9-12,14-15H2,1-2H3/t18-/m1/s1. The number of carbonyl (C=O) groups excluding carboxylic acids is 2. The molecule has 170 valence electrons. The minimum Gasteiger partial charge on any atom is -0.351 e. The summed E-state index contributed by atoms with van der Waals surface area (Å²) in [5, 5.41) is 3.93. The van der Waals surface area contributed by atoms with Crippen LogP contribution in [0.5, 0.6) is 0 Å². The van der Waals surface area contributed by atoms with Crippen LogP contribution >= 0.6 is 0 Å². The van der Waals surface area contributed by atoms with Crippen LogP contribution in [-0.4, -0.2) is 44.9 Å². The third-order valence-corrected chi connectivity index (χ3v) is 6.51. The fourth-order valence-corrected chi connectivity index (χ4v) is 4.61. The van der Waals surface area contributed by atoms with Crippen molar-refractivity contribution in [1.29, 1.82) is 0 Å². The van der Waals surface area contributed by atoms with Gasteiger partial charge in [0.2, 0.25) is 11.7 Å². The maximum absolute atomic E-state index is 12.8. The van der Waals surface area contributed by atoms with Crippen LogP contribution in [0, 0.1) is 6.92 Å². The molecule has 2 aliphatic heterocycles. The topological polar surface area (TPSA) is 92.4 Å². The molecule has 1 saturated heterocycles. The van der Waals surface area contributed by atoms with Gasteiger partial charge in [-0.05, 0) is 31.7 Å². The number of likely N-dealkylation sites (tertiary alicyclic amines) is 1. The van der Waals surface area contributed by atoms with E-state index >= 15 is 0 Å². The molecular formula is C25H27N5O3. The predicted molar refractivity (Wildman–Crippen MR) is 122 cm³/mol. The van der Waals surface area contributed by atoms with Gasteiger partial charge in [-0.3, -0.25) is 14.5 Å². The van der Waals surface area contributed by atoms with E-state index in [2.05, 4.69) is 5.16 Å². The number of carbonyl (C=O) groups is 2. The van der Waals surface area contributed by atoms with Crippen molar-refractivity contribution in [3.8, 4) is 0 Å². The summed E-state index contributed by atoms with van der Waals surface area (Å²) in [5.74, 6) is 1.62. The average molecular weight is 446 g/mol. The molecule has 0 radical (unpaired) electrons. The van der Waals surface area contributed by atoms with Gasteiger partial charge in [-0.15, -0.1) is 0 Å². The van der Waals surface area contributed by atoms with Gasteiger partial charge in [0, 0.05) is 42.8 Å². The minimum absolute atomic E-state index is 0.0159. The van der Waals surface area contributed by atoms with Gasteiger partial charge >= 0.3 is 0 Å². The first-order chi connectivity index (χ1) is 16.0. The molecule has 1 atom stereocenters. The molecule has 2 aromatic heterocycles. The first kappa shape index (κ1) is 21.3. The largest absolute Gasteiger partial charge is 0.351 e. The summed E-state index contributed by atoms with van der Waals surface area (Å²) in [6, 6.07) is 11.7. The van der Waals surface area contributed by atoms with Crippen molar-refractivity contribution in [1.82, 2.24) is 20.0 Å². The van der Waals surface area contributed by atoms with E-state index in [4.69, 9.17) is 14.5 Å². The molecule has 0 unspecified atom stereocenters. The van der Waals surface area contributed by atoms with Crippen LogP contribution < -0.4 is 4.90 Å². The monoisotopic (exact) mass is 445 g/mol. The lowest BCUT2D eigenvalue weighted by Gasteiger charge is -2.30. The lowest BCUT2D eigenvalue weighted by Crippen LogP contribution is -2.36. The van der Waals surface area contributed by atoms with Crippen molar-refractivity contribution in [2.24, 2.45) is 0 Å². The van der Waals surface area contributed by atoms with Gasteiger partial charge in [0.25, 0.3) is 5.91 Å². The van der Waals surface area contributed by atoms with Crippen LogP contribution in [-0.2, 0) is 24.2 Å². The zero-order chi connectivity index (χ0) is 22.9. The van der Waals surface area contributed by atoms with Gasteiger partial charge in [-0.1, -0.05) is 42.4 Å². The van der Waals surface area contributed by atoms with Gasteiger partial charge in [0.1, 0.15) is 11.6 Å². The molecule has 8 nitrogen and oxygen atoms in total. The normalized spacial score (nSPS) is 18.0. The third-order valence-electron chi connectivity index (χ3n) is 6.51. The van der Waals surface area contributed by atoms with E-state index in [1.54, 1.807) is 15.9 Å². The van der Waals surface area contributed by atoms with Crippen molar-refractivity contribution in [2.45, 2.75) is 52.0 Å². The summed E-state index contributed by atoms with van der Waals surface area (Å²) < 4.78 is 5.23. The molecule has 4 heterocycles. The lowest BCUT2D eigenvalue weighted by molar-refractivity contribution is -0.119. The summed E-state index contributed by atoms with van der Waals surface area (Å²) >= 11 is 0. The molecule has 8 heteroatoms. The van der Waals surface area contributed by atoms with Gasteiger partial charge in [0.15, 0.2) is 0 Å². The Morgan fingerprint density at radius 1 is 1.18 bits per heavy atom. The molecular weight excluding hydrogens is 418 g/mol. The molecule has 3 aromatic rings. The van der Waals surface area contributed by atoms with Crippen molar-refractivity contribution < 1.29 is 14.1 Å². The van der Waals surface area contributed by atoms with Crippen LogP contribution in [0.15, 0.2) is 40.9 Å². The fourth-order valence-electron chi connectivity index (χ4n) is 4.61. The Hall–Kier alpha value is -3.55. The quantitative estimate of drug-likeness (QED) is 0.597. The summed E-state index contributed by atoms with van der Waals surface area (Å²) in [5.41, 5.74) is 3.78. The molecule has 5 rings (SSSR count). The number of nitrogens with zero attached hydrogens (tertiary/aromatic N) is 5. The first-order valence-electron chi connectivity index (χ1n) is 11.5. The number of anilines is 1. The maximum Gasteiger partial charge on any atom is 0.292 e. The minimum atomic E-state index is -0.153. The number of amides is 2. The Kier molecular flexibility index (Phi) is 5.66. The smallest absolute Gasteiger partial charge is 0.292 e. The van der Waals surface area contributed by atoms with E-state index in [1.165, 1.54) is 0 Å². The number of fused-ring (bicyclic) bond motifs is 1. The highest BCUT2D eigenvalue weighted by Crippen LogP contribution is 2.33. The highest BCUT2D eigenvalue weighted by atomic mass is 16.5. The van der Waals surface area contributed by atoms with E-state index in [-0.39, 0.29) is 23.5 Å². The maximum atomic E-state index is 12.8. The molecule has 2 amide bonds. The molecule has 0 saturated carbocycles. The molecule has 0 N–H and O–H groups in total. The van der Waals surface area contributed by atoms with Crippen molar-refractivity contribution >= 4 is 17.6 Å². The number of benzene rings is 1. The highest BCUT2D eigenvalue weighted by Gasteiger charge is 2.34. The number of rotatable bonds is 5. The molecule has 0 bridgehead atoms. The molecule has 2 aliphatic rings. The number of hydrogen-bond donors (Lipinski definition) is 0. The first-order valence-corrected chi connectivity index (χ1v) is 11.5. The van der Waals surface area contributed by atoms with Crippen molar-refractivity contribution in [2.75, 3.05) is 18.0 Å². The van der Waals surface area contributed by atoms with E-state index in [9.17, 15) is 9.59 Å². The third kappa shape index (κ3) is 4.13. The number of aromatic nitrogens is 3. The summed E-state index contributed by atoms with van der Waals surface area (Å²) in [4.78, 5) is 38.9.